The van der Waals surface area contributed by atoms with Gasteiger partial charge >= 0.3 is 0 Å². The fourth-order valence-electron chi connectivity index (χ4n) is 2.20. The number of amides is 1. The molecule has 3 rings (SSSR count). The van der Waals surface area contributed by atoms with Crippen LogP contribution in [0, 0.1) is 0 Å². The van der Waals surface area contributed by atoms with E-state index in [1.807, 2.05) is 23.6 Å². The van der Waals surface area contributed by atoms with Gasteiger partial charge in [-0.2, -0.15) is 0 Å². The smallest absolute Gasteiger partial charge is 0.247 e. The summed E-state index contributed by atoms with van der Waals surface area (Å²) in [5.74, 6) is -0.0444. The van der Waals surface area contributed by atoms with Crippen LogP contribution >= 0.6 is 11.3 Å². The third-order valence-corrected chi connectivity index (χ3v) is 3.72. The molecule has 0 saturated heterocycles. The molecule has 1 aliphatic heterocycles. The largest absolute Gasteiger partial charge is 0.302 e. The third-order valence-electron chi connectivity index (χ3n) is 3.03. The molecule has 2 aromatic rings. The number of carbonyl (C=O) groups excluding carboxylic acids is 1. The highest BCUT2D eigenvalue weighted by atomic mass is 32.1. The number of aromatic nitrogens is 1. The maximum absolute atomic E-state index is 12.2. The Bertz CT molecular complexity index is 553. The van der Waals surface area contributed by atoms with Crippen LogP contribution in [0.25, 0.3) is 0 Å². The van der Waals surface area contributed by atoms with Crippen LogP contribution in [0.3, 0.4) is 0 Å². The predicted octanol–water partition coefficient (Wildman–Crippen LogP) is 1.97. The first-order chi connectivity index (χ1) is 8.84. The van der Waals surface area contributed by atoms with Gasteiger partial charge in [-0.05, 0) is 17.5 Å². The Hall–Kier alpha value is -1.72. The molecule has 18 heavy (non-hydrogen) atoms. The molecule has 1 atom stereocenters. The molecule has 0 aliphatic carbocycles. The zero-order valence-electron chi connectivity index (χ0n) is 9.72. The Balaban J connectivity index is 1.83. The fourth-order valence-corrected chi connectivity index (χ4v) is 2.73. The molecule has 1 aromatic carbocycles. The van der Waals surface area contributed by atoms with E-state index < -0.39 is 0 Å². The molecule has 4 nitrogen and oxygen atoms in total. The lowest BCUT2D eigenvalue weighted by atomic mass is 9.94. The van der Waals surface area contributed by atoms with Gasteiger partial charge in [0.1, 0.15) is 6.04 Å². The topological polar surface area (TPSA) is 54.0 Å². The van der Waals surface area contributed by atoms with E-state index in [0.717, 1.165) is 18.5 Å². The molecule has 1 amide bonds. The summed E-state index contributed by atoms with van der Waals surface area (Å²) in [6.45, 7) is 0.826. The second-order valence-corrected chi connectivity index (χ2v) is 5.06. The van der Waals surface area contributed by atoms with Crippen LogP contribution in [0.2, 0.25) is 0 Å². The lowest BCUT2D eigenvalue weighted by Gasteiger charge is -2.25. The number of benzene rings is 1. The summed E-state index contributed by atoms with van der Waals surface area (Å²) >= 11 is 1.43. The van der Waals surface area contributed by atoms with Crippen molar-refractivity contribution in [1.82, 2.24) is 10.3 Å². The molecule has 1 unspecified atom stereocenters. The Kier molecular flexibility index (Phi) is 3.08. The Morgan fingerprint density at radius 1 is 1.44 bits per heavy atom. The highest BCUT2D eigenvalue weighted by molar-refractivity contribution is 7.13. The lowest BCUT2D eigenvalue weighted by Crippen LogP contribution is -2.38. The standard InChI is InChI=1S/C13H13N3OS/c17-12(16-13-15-7-8-18-13)11-10-4-2-1-3-9(10)5-6-14-11/h1-4,7-8,11,14H,5-6H2,(H,15,16,17). The van der Waals surface area contributed by atoms with Crippen LogP contribution in [-0.2, 0) is 11.2 Å². The number of thiazole rings is 1. The molecule has 2 N–H and O–H groups in total. The number of carbonyl (C=O) groups is 1. The van der Waals surface area contributed by atoms with Crippen LogP contribution < -0.4 is 10.6 Å². The molecule has 1 aromatic heterocycles. The van der Waals surface area contributed by atoms with Gasteiger partial charge in [0.2, 0.25) is 5.91 Å². The van der Waals surface area contributed by atoms with E-state index in [9.17, 15) is 4.79 Å². The molecular weight excluding hydrogens is 246 g/mol. The first-order valence-electron chi connectivity index (χ1n) is 5.86. The molecule has 2 heterocycles. The van der Waals surface area contributed by atoms with Gasteiger partial charge in [-0.15, -0.1) is 11.3 Å². The highest BCUT2D eigenvalue weighted by Crippen LogP contribution is 2.24. The van der Waals surface area contributed by atoms with Crippen molar-refractivity contribution in [1.29, 1.82) is 0 Å². The Morgan fingerprint density at radius 2 is 2.33 bits per heavy atom. The van der Waals surface area contributed by atoms with E-state index in [1.165, 1.54) is 16.9 Å². The van der Waals surface area contributed by atoms with Crippen molar-refractivity contribution in [3.8, 4) is 0 Å². The summed E-state index contributed by atoms with van der Waals surface area (Å²) in [4.78, 5) is 16.3. The van der Waals surface area contributed by atoms with Gasteiger partial charge < -0.3 is 10.6 Å². The molecular formula is C13H13N3OS. The summed E-state index contributed by atoms with van der Waals surface area (Å²) in [7, 11) is 0. The highest BCUT2D eigenvalue weighted by Gasteiger charge is 2.25. The second kappa shape index (κ2) is 4.88. The summed E-state index contributed by atoms with van der Waals surface area (Å²) in [6.07, 6.45) is 2.65. The zero-order valence-corrected chi connectivity index (χ0v) is 10.5. The number of hydrogen-bond donors (Lipinski definition) is 2. The number of anilines is 1. The molecule has 0 spiro atoms. The summed E-state index contributed by atoms with van der Waals surface area (Å²) < 4.78 is 0. The van der Waals surface area contributed by atoms with E-state index in [-0.39, 0.29) is 11.9 Å². The first-order valence-corrected chi connectivity index (χ1v) is 6.74. The minimum atomic E-state index is -0.279. The average molecular weight is 259 g/mol. The number of hydrogen-bond acceptors (Lipinski definition) is 4. The van der Waals surface area contributed by atoms with Gasteiger partial charge in [0, 0.05) is 18.1 Å². The number of rotatable bonds is 2. The molecule has 0 saturated carbocycles. The third kappa shape index (κ3) is 2.14. The quantitative estimate of drug-likeness (QED) is 0.867. The van der Waals surface area contributed by atoms with Gasteiger partial charge in [0.15, 0.2) is 5.13 Å². The minimum Gasteiger partial charge on any atom is -0.302 e. The van der Waals surface area contributed by atoms with Crippen molar-refractivity contribution in [2.45, 2.75) is 12.5 Å². The molecule has 1 aliphatic rings. The molecule has 5 heteroatoms. The van der Waals surface area contributed by atoms with E-state index in [2.05, 4.69) is 21.7 Å². The molecule has 0 radical (unpaired) electrons. The molecule has 0 fully saturated rings. The zero-order chi connectivity index (χ0) is 12.4. The summed E-state index contributed by atoms with van der Waals surface area (Å²) in [6, 6.07) is 7.79. The monoisotopic (exact) mass is 259 g/mol. The van der Waals surface area contributed by atoms with E-state index in [4.69, 9.17) is 0 Å². The number of nitrogens with zero attached hydrogens (tertiary/aromatic N) is 1. The second-order valence-electron chi connectivity index (χ2n) is 4.16. The first kappa shape index (κ1) is 11.4. The molecule has 0 bridgehead atoms. The SMILES string of the molecule is O=C(Nc1nccs1)C1NCCc2ccccc21. The van der Waals surface area contributed by atoms with E-state index >= 15 is 0 Å². The van der Waals surface area contributed by atoms with Crippen molar-refractivity contribution in [3.05, 3.63) is 47.0 Å². The Labute approximate surface area is 109 Å². The van der Waals surface area contributed by atoms with Gasteiger partial charge in [-0.3, -0.25) is 4.79 Å². The van der Waals surface area contributed by atoms with Crippen molar-refractivity contribution in [3.63, 3.8) is 0 Å². The van der Waals surface area contributed by atoms with E-state index in [0.29, 0.717) is 5.13 Å². The van der Waals surface area contributed by atoms with Gasteiger partial charge in [0.05, 0.1) is 0 Å². The van der Waals surface area contributed by atoms with Crippen molar-refractivity contribution in [2.24, 2.45) is 0 Å². The van der Waals surface area contributed by atoms with Gasteiger partial charge in [-0.1, -0.05) is 24.3 Å². The summed E-state index contributed by atoms with van der Waals surface area (Å²) in [5, 5.41) is 8.58. The lowest BCUT2D eigenvalue weighted by molar-refractivity contribution is -0.118. The minimum absolute atomic E-state index is 0.0444. The molecule has 92 valence electrons. The van der Waals surface area contributed by atoms with Crippen molar-refractivity contribution in [2.75, 3.05) is 11.9 Å². The normalized spacial score (nSPS) is 18.1. The Morgan fingerprint density at radius 3 is 3.17 bits per heavy atom. The predicted molar refractivity (Wildman–Crippen MR) is 71.6 cm³/mol. The maximum atomic E-state index is 12.2. The number of nitrogens with one attached hydrogen (secondary N) is 2. The van der Waals surface area contributed by atoms with Crippen LogP contribution in [0.1, 0.15) is 17.2 Å². The maximum Gasteiger partial charge on any atom is 0.247 e. The number of fused-ring (bicyclic) bond motifs is 1. The van der Waals surface area contributed by atoms with Crippen molar-refractivity contribution < 1.29 is 4.79 Å². The van der Waals surface area contributed by atoms with Crippen LogP contribution in [0.15, 0.2) is 35.8 Å². The fraction of sp³-hybridized carbons (Fsp3) is 0.231. The van der Waals surface area contributed by atoms with Crippen LogP contribution in [0.4, 0.5) is 5.13 Å². The van der Waals surface area contributed by atoms with Crippen LogP contribution in [-0.4, -0.2) is 17.4 Å². The van der Waals surface area contributed by atoms with Crippen molar-refractivity contribution >= 4 is 22.4 Å². The summed E-state index contributed by atoms with van der Waals surface area (Å²) in [5.41, 5.74) is 2.31. The van der Waals surface area contributed by atoms with Gasteiger partial charge in [0.25, 0.3) is 0 Å². The van der Waals surface area contributed by atoms with Crippen LogP contribution in [0.5, 0.6) is 0 Å². The van der Waals surface area contributed by atoms with E-state index in [1.54, 1.807) is 6.20 Å². The average Bonchev–Trinajstić information content (AvgIpc) is 2.91. The van der Waals surface area contributed by atoms with Gasteiger partial charge in [-0.25, -0.2) is 4.98 Å².